The summed E-state index contributed by atoms with van der Waals surface area (Å²) in [6.07, 6.45) is 0. The molecule has 0 aliphatic carbocycles. The highest BCUT2D eigenvalue weighted by molar-refractivity contribution is 5.92. The van der Waals surface area contributed by atoms with Crippen molar-refractivity contribution in [2.45, 2.75) is 19.4 Å². The highest BCUT2D eigenvalue weighted by atomic mass is 16.3. The Balaban J connectivity index is 2.47. The summed E-state index contributed by atoms with van der Waals surface area (Å²) in [5, 5.41) is 23.7. The van der Waals surface area contributed by atoms with Crippen molar-refractivity contribution in [2.24, 2.45) is 0 Å². The molecule has 0 aliphatic heterocycles. The van der Waals surface area contributed by atoms with E-state index >= 15 is 0 Å². The third kappa shape index (κ3) is 4.44. The Morgan fingerprint density at radius 1 is 1.33 bits per heavy atom. The first-order valence-corrected chi connectivity index (χ1v) is 5.82. The van der Waals surface area contributed by atoms with Gasteiger partial charge < -0.3 is 15.5 Å². The summed E-state index contributed by atoms with van der Waals surface area (Å²) in [6.45, 7) is 3.16. The first-order chi connectivity index (χ1) is 8.49. The van der Waals surface area contributed by atoms with Gasteiger partial charge in [0.1, 0.15) is 0 Å². The number of hydrogen-bond acceptors (Lipinski definition) is 4. The molecular formula is C13H20N2O3. The number of hydrogen-bond donors (Lipinski definition) is 4. The highest BCUT2D eigenvalue weighted by Crippen LogP contribution is 2.09. The first-order valence-electron chi connectivity index (χ1n) is 5.82. The Labute approximate surface area is 107 Å². The van der Waals surface area contributed by atoms with E-state index in [9.17, 15) is 4.79 Å². The molecule has 0 aliphatic rings. The average molecular weight is 252 g/mol. The molecule has 1 rings (SSSR count). The molecule has 0 radical (unpaired) electrons. The molecule has 0 unspecified atom stereocenters. The van der Waals surface area contributed by atoms with Gasteiger partial charge in [0, 0.05) is 5.69 Å². The van der Waals surface area contributed by atoms with Gasteiger partial charge in [0.05, 0.1) is 25.3 Å². The second kappa shape index (κ2) is 6.49. The zero-order chi connectivity index (χ0) is 13.6. The zero-order valence-electron chi connectivity index (χ0n) is 10.7. The first kappa shape index (κ1) is 14.6. The van der Waals surface area contributed by atoms with Gasteiger partial charge in [-0.15, -0.1) is 0 Å². The molecule has 0 fully saturated rings. The van der Waals surface area contributed by atoms with Gasteiger partial charge in [0.15, 0.2) is 0 Å². The van der Waals surface area contributed by atoms with Crippen LogP contribution in [0.15, 0.2) is 24.3 Å². The van der Waals surface area contributed by atoms with Crippen LogP contribution in [-0.4, -0.2) is 41.4 Å². The van der Waals surface area contributed by atoms with Gasteiger partial charge in [-0.25, -0.2) is 0 Å². The van der Waals surface area contributed by atoms with E-state index < -0.39 is 5.54 Å². The average Bonchev–Trinajstić information content (AvgIpc) is 2.36. The second-order valence-corrected chi connectivity index (χ2v) is 4.65. The lowest BCUT2D eigenvalue weighted by Gasteiger charge is -2.25. The Morgan fingerprint density at radius 2 is 2.00 bits per heavy atom. The Hall–Kier alpha value is -1.43. The van der Waals surface area contributed by atoms with Gasteiger partial charge in [-0.2, -0.15) is 0 Å². The number of carbonyl (C=O) groups is 1. The lowest BCUT2D eigenvalue weighted by Crippen LogP contribution is -2.51. The molecule has 0 bridgehead atoms. The monoisotopic (exact) mass is 252 g/mol. The van der Waals surface area contributed by atoms with Crippen molar-refractivity contribution in [1.82, 2.24) is 5.32 Å². The van der Waals surface area contributed by atoms with Crippen LogP contribution in [0, 0.1) is 6.92 Å². The van der Waals surface area contributed by atoms with Crippen molar-refractivity contribution in [3.63, 3.8) is 0 Å². The van der Waals surface area contributed by atoms with E-state index in [0.29, 0.717) is 0 Å². The van der Waals surface area contributed by atoms with E-state index in [-0.39, 0.29) is 25.7 Å². The van der Waals surface area contributed by atoms with E-state index in [2.05, 4.69) is 10.6 Å². The summed E-state index contributed by atoms with van der Waals surface area (Å²) in [6, 6.07) is 7.49. The number of carbonyl (C=O) groups excluding carboxylic acids is 1. The number of anilines is 1. The minimum Gasteiger partial charge on any atom is -0.394 e. The molecule has 4 N–H and O–H groups in total. The number of nitrogens with one attached hydrogen (secondary N) is 2. The Morgan fingerprint density at radius 3 is 2.56 bits per heavy atom. The van der Waals surface area contributed by atoms with E-state index in [1.165, 1.54) is 0 Å². The van der Waals surface area contributed by atoms with E-state index in [1.807, 2.05) is 31.2 Å². The number of aryl methyl sites for hydroxylation is 1. The molecule has 5 nitrogen and oxygen atoms in total. The molecule has 5 heteroatoms. The largest absolute Gasteiger partial charge is 0.394 e. The van der Waals surface area contributed by atoms with Gasteiger partial charge in [-0.3, -0.25) is 10.1 Å². The van der Waals surface area contributed by atoms with Crippen molar-refractivity contribution in [1.29, 1.82) is 0 Å². The molecule has 0 saturated carbocycles. The zero-order valence-corrected chi connectivity index (χ0v) is 10.7. The van der Waals surface area contributed by atoms with E-state index in [1.54, 1.807) is 6.92 Å². The van der Waals surface area contributed by atoms with Crippen molar-refractivity contribution in [3.8, 4) is 0 Å². The van der Waals surface area contributed by atoms with E-state index in [0.717, 1.165) is 11.3 Å². The third-order valence-corrected chi connectivity index (χ3v) is 2.68. The molecule has 0 spiro atoms. The summed E-state index contributed by atoms with van der Waals surface area (Å²) < 4.78 is 0. The van der Waals surface area contributed by atoms with Crippen LogP contribution in [0.3, 0.4) is 0 Å². The minimum absolute atomic E-state index is 0.0333. The van der Waals surface area contributed by atoms with Gasteiger partial charge in [-0.1, -0.05) is 12.1 Å². The normalized spacial score (nSPS) is 11.3. The summed E-state index contributed by atoms with van der Waals surface area (Å²) in [4.78, 5) is 11.7. The second-order valence-electron chi connectivity index (χ2n) is 4.65. The maximum absolute atomic E-state index is 11.7. The molecule has 18 heavy (non-hydrogen) atoms. The van der Waals surface area contributed by atoms with Crippen LogP contribution in [-0.2, 0) is 4.79 Å². The lowest BCUT2D eigenvalue weighted by atomic mass is 10.1. The molecule has 0 atom stereocenters. The predicted molar refractivity (Wildman–Crippen MR) is 70.4 cm³/mol. The van der Waals surface area contributed by atoms with Crippen LogP contribution in [0.4, 0.5) is 5.69 Å². The molecule has 0 saturated heterocycles. The van der Waals surface area contributed by atoms with Crippen LogP contribution in [0.25, 0.3) is 0 Å². The smallest absolute Gasteiger partial charge is 0.238 e. The Bertz CT molecular complexity index is 403. The minimum atomic E-state index is -0.843. The maximum atomic E-state index is 11.7. The molecular weight excluding hydrogens is 232 g/mol. The van der Waals surface area contributed by atoms with Crippen LogP contribution in [0.1, 0.15) is 12.5 Å². The SMILES string of the molecule is Cc1cccc(NC(=O)CNC(C)(CO)CO)c1. The molecule has 1 aromatic carbocycles. The number of rotatable bonds is 6. The van der Waals surface area contributed by atoms with E-state index in [4.69, 9.17) is 10.2 Å². The molecule has 0 aromatic heterocycles. The molecule has 1 amide bonds. The summed E-state index contributed by atoms with van der Waals surface area (Å²) in [5.41, 5.74) is 0.956. The Kier molecular flexibility index (Phi) is 5.27. The van der Waals surface area contributed by atoms with Gasteiger partial charge in [-0.05, 0) is 31.5 Å². The fraction of sp³-hybridized carbons (Fsp3) is 0.462. The van der Waals surface area contributed by atoms with Crippen LogP contribution in [0.2, 0.25) is 0 Å². The predicted octanol–water partition coefficient (Wildman–Crippen LogP) is 0.266. The lowest BCUT2D eigenvalue weighted by molar-refractivity contribution is -0.115. The summed E-state index contributed by atoms with van der Waals surface area (Å²) >= 11 is 0. The van der Waals surface area contributed by atoms with Crippen LogP contribution in [0.5, 0.6) is 0 Å². The molecule has 1 aromatic rings. The molecule has 0 heterocycles. The fourth-order valence-electron chi connectivity index (χ4n) is 1.38. The van der Waals surface area contributed by atoms with Crippen molar-refractivity contribution in [2.75, 3.05) is 25.1 Å². The standard InChI is InChI=1S/C13H20N2O3/c1-10-4-3-5-11(6-10)15-12(18)7-14-13(2,8-16)9-17/h3-6,14,16-17H,7-9H2,1-2H3,(H,15,18). The number of benzene rings is 1. The third-order valence-electron chi connectivity index (χ3n) is 2.68. The number of amides is 1. The highest BCUT2D eigenvalue weighted by Gasteiger charge is 2.22. The van der Waals surface area contributed by atoms with Crippen LogP contribution < -0.4 is 10.6 Å². The number of aliphatic hydroxyl groups is 2. The van der Waals surface area contributed by atoms with Crippen molar-refractivity contribution < 1.29 is 15.0 Å². The quantitative estimate of drug-likeness (QED) is 0.585. The van der Waals surface area contributed by atoms with Gasteiger partial charge in [0.25, 0.3) is 0 Å². The maximum Gasteiger partial charge on any atom is 0.238 e. The van der Waals surface area contributed by atoms with Gasteiger partial charge >= 0.3 is 0 Å². The van der Waals surface area contributed by atoms with Gasteiger partial charge in [0.2, 0.25) is 5.91 Å². The topological polar surface area (TPSA) is 81.6 Å². The summed E-state index contributed by atoms with van der Waals surface area (Å²) in [7, 11) is 0. The van der Waals surface area contributed by atoms with Crippen molar-refractivity contribution >= 4 is 11.6 Å². The fourth-order valence-corrected chi connectivity index (χ4v) is 1.38. The number of aliphatic hydroxyl groups excluding tert-OH is 2. The van der Waals surface area contributed by atoms with Crippen molar-refractivity contribution in [3.05, 3.63) is 29.8 Å². The molecule has 100 valence electrons. The van der Waals surface area contributed by atoms with Crippen LogP contribution >= 0.6 is 0 Å². The summed E-state index contributed by atoms with van der Waals surface area (Å²) in [5.74, 6) is -0.214.